The second-order valence-corrected chi connectivity index (χ2v) is 45.0. The number of thiophene rings is 3. The number of thiazole rings is 1. The minimum Gasteiger partial charge on any atom is -0.383 e. The molecule has 2 aliphatic heterocycles. The van der Waals surface area contributed by atoms with E-state index in [4.69, 9.17) is 11.5 Å². The molecule has 0 aliphatic carbocycles. The number of rotatable bonds is 17. The van der Waals surface area contributed by atoms with Crippen molar-refractivity contribution in [3.63, 3.8) is 0 Å². The Morgan fingerprint density at radius 3 is 1.25 bits per heavy atom. The third-order valence-corrected chi connectivity index (χ3v) is 26.5. The van der Waals surface area contributed by atoms with E-state index in [2.05, 4.69) is 401 Å². The van der Waals surface area contributed by atoms with Gasteiger partial charge in [0.25, 0.3) is 0 Å². The van der Waals surface area contributed by atoms with Gasteiger partial charge in [-0.25, -0.2) is 39.9 Å². The zero-order valence-electron chi connectivity index (χ0n) is 96.7. The number of aromatic amines is 5. The number of H-pyrrole nitrogens is 5. The number of aromatic nitrogens is 21. The molecule has 32 heteroatoms. The third-order valence-electron chi connectivity index (χ3n) is 21.3. The molecule has 2 aliphatic rings. The number of pyridine rings is 3. The molecule has 17 heterocycles. The van der Waals surface area contributed by atoms with Gasteiger partial charge in [-0.1, -0.05) is 248 Å². The summed E-state index contributed by atoms with van der Waals surface area (Å²) in [5, 5.41) is 39.1. The largest absolute Gasteiger partial charge is 0.383 e. The van der Waals surface area contributed by atoms with E-state index in [0.29, 0.717) is 118 Å². The third kappa shape index (κ3) is 64.2. The molecule has 17 rings (SSSR count). The van der Waals surface area contributed by atoms with E-state index in [1.54, 1.807) is 84.7 Å². The Labute approximate surface area is 918 Å². The molecule has 0 saturated carbocycles. The molecular formula is C118H179N25O2S5. The van der Waals surface area contributed by atoms with E-state index >= 15 is 0 Å². The molecule has 15 aromatic heterocycles. The Bertz CT molecular complexity index is 5370. The summed E-state index contributed by atoms with van der Waals surface area (Å²) in [6, 6.07) is 32.4. The van der Waals surface area contributed by atoms with Crippen LogP contribution in [0, 0.1) is 32.6 Å². The number of hydrogen-bond acceptors (Lipinski definition) is 27. The maximum Gasteiger partial charge on any atom is 0.248 e. The van der Waals surface area contributed by atoms with Gasteiger partial charge in [0, 0.05) is 165 Å². The summed E-state index contributed by atoms with van der Waals surface area (Å²) in [6.45, 7) is 78.6. The van der Waals surface area contributed by atoms with Gasteiger partial charge in [0.05, 0.1) is 18.1 Å². The number of nitrogens with one attached hydrogen (secondary N) is 5. The van der Waals surface area contributed by atoms with Crippen LogP contribution in [0.4, 0.5) is 10.9 Å². The molecular weight excluding hydrogens is 1960 g/mol. The van der Waals surface area contributed by atoms with E-state index < -0.39 is 0 Å². The van der Waals surface area contributed by atoms with Crippen molar-refractivity contribution in [2.24, 2.45) is 21.8 Å². The fourth-order valence-electron chi connectivity index (χ4n) is 11.4. The maximum atomic E-state index is 10.8. The van der Waals surface area contributed by atoms with Crippen LogP contribution in [0.15, 0.2) is 244 Å². The highest BCUT2D eigenvalue weighted by atomic mass is 32.1. The van der Waals surface area contributed by atoms with Crippen LogP contribution in [0.2, 0.25) is 0 Å². The summed E-state index contributed by atoms with van der Waals surface area (Å²) < 4.78 is 3.96. The number of aryl methyl sites for hydroxylation is 3. The van der Waals surface area contributed by atoms with Gasteiger partial charge in [0.1, 0.15) is 36.4 Å². The molecule has 150 heavy (non-hydrogen) atoms. The van der Waals surface area contributed by atoms with Crippen molar-refractivity contribution in [1.29, 1.82) is 0 Å². The van der Waals surface area contributed by atoms with Crippen molar-refractivity contribution in [3.8, 4) is 0 Å². The van der Waals surface area contributed by atoms with Gasteiger partial charge < -0.3 is 16.5 Å². The molecule has 818 valence electrons. The summed E-state index contributed by atoms with van der Waals surface area (Å²) in [5.74, 6) is 12.1. The number of nitrogen functional groups attached to an aromatic ring is 2. The van der Waals surface area contributed by atoms with Crippen molar-refractivity contribution in [2.45, 2.75) is 358 Å². The fourth-order valence-corrected chi connectivity index (χ4v) is 15.1. The zero-order valence-corrected chi connectivity index (χ0v) is 101. The monoisotopic (exact) mass is 2140 g/mol. The lowest BCUT2D eigenvalue weighted by atomic mass is 10.0. The first-order valence-electron chi connectivity index (χ1n) is 52.0. The predicted octanol–water partition coefficient (Wildman–Crippen LogP) is 32.4. The normalized spacial score (nSPS) is 11.3. The topological polar surface area (TPSA) is 396 Å². The Hall–Kier alpha value is -12.4. The van der Waals surface area contributed by atoms with Crippen molar-refractivity contribution in [2.75, 3.05) is 11.5 Å². The minimum atomic E-state index is -0.0220. The number of nitrogens with two attached hydrogens (primary N) is 2. The Balaban J connectivity index is 0.000000797. The maximum absolute atomic E-state index is 10.8. The highest BCUT2D eigenvalue weighted by molar-refractivity contribution is 7.15. The molecule has 0 atom stereocenters. The zero-order chi connectivity index (χ0) is 113. The van der Waals surface area contributed by atoms with Gasteiger partial charge in [-0.15, -0.1) is 34.0 Å². The smallest absolute Gasteiger partial charge is 0.248 e. The molecule has 0 fully saturated rings. The second-order valence-electron chi connectivity index (χ2n) is 40.3. The first-order chi connectivity index (χ1) is 70.9. The highest BCUT2D eigenvalue weighted by Crippen LogP contribution is 2.26. The summed E-state index contributed by atoms with van der Waals surface area (Å²) in [4.78, 5) is 77.9. The average Bonchev–Trinajstić information content (AvgIpc) is 0.984. The van der Waals surface area contributed by atoms with Crippen molar-refractivity contribution >= 4 is 86.0 Å². The van der Waals surface area contributed by atoms with E-state index in [0.717, 1.165) is 63.5 Å². The molecule has 0 unspecified atom stereocenters. The van der Waals surface area contributed by atoms with Crippen LogP contribution in [-0.4, -0.2) is 123 Å². The van der Waals surface area contributed by atoms with Crippen LogP contribution in [0.1, 0.15) is 436 Å². The summed E-state index contributed by atoms with van der Waals surface area (Å²) in [5.41, 5.74) is 27.4. The molecule has 0 amide bonds. The number of carbonyl (C=O) groups is 1. The fraction of sp³-hybridized carbons (Fsp3) is 0.475. The first-order valence-corrected chi connectivity index (χ1v) is 56.3. The number of ketones is 1. The Morgan fingerprint density at radius 1 is 0.387 bits per heavy atom. The standard InChI is InChI=1S/C9H13N.2C8H12N2.2C8H11NO.C8H11N.C7H10N2.C7H11N.3C7H10S.2C6H10N2S.2C6H10N2.2C5H9N3/c1-7(2)9-4-5-10-8(3)6-9;1-6(2)8-4-7(3)9-5-10-8;1-6(2)8-4-5-9-7(3)10-8;1-6(2)8-5-7(10)3-4-9-8;1-6(2)7-3-4-9-8(10)5-7;1-7(2)8-3-5-9-6-4-8;1-6(2)7-3-4-8-5-9-7;2*1-6(2)7-3-4-8-5-7;2*1-6(2)7-4-3-5-8-7;1-4(2)5-3-8-6(7)9-5;1-4(2)5-3-6(7)8-9-5;1-5(2)6-3-7-8-4-6;1-5(2)6-3-4-7-8-6;1-4(2)5-6-3-7-8-5;1-4(2)5-3-6-8-7-5/h4-7H,1-3H3;2*4-6H,1-3H3;4-6H,3H2,1-2H3;3-6H,1-2H3,(H,9,10);3-7H,1-2H3;3-6H,1-2H3;4-6H,3H2,1-2H3;3*3-6H,1-2H3;2*3-4H,1-2H3,(H2,7,8);2*3-5H,1-2H3,(H,7,8);2*3-4H,1-2H3,(H,6,7,8). The molecule has 0 radical (unpaired) electrons. The quantitative estimate of drug-likeness (QED) is 0.0445. The molecule has 0 bridgehead atoms. The van der Waals surface area contributed by atoms with Gasteiger partial charge in [-0.3, -0.25) is 44.8 Å². The van der Waals surface area contributed by atoms with Crippen LogP contribution in [0.3, 0.4) is 0 Å². The molecule has 27 nitrogen and oxygen atoms in total. The van der Waals surface area contributed by atoms with Crippen LogP contribution < -0.4 is 17.0 Å². The summed E-state index contributed by atoms with van der Waals surface area (Å²) in [7, 11) is 0. The first kappa shape index (κ1) is 136. The molecule has 9 N–H and O–H groups in total. The Kier molecular flexibility index (Phi) is 71.2. The lowest BCUT2D eigenvalue weighted by molar-refractivity contribution is -0.113. The minimum absolute atomic E-state index is 0.0220. The number of aliphatic imine (C=N–C) groups is 2. The lowest BCUT2D eigenvalue weighted by Crippen LogP contribution is -2.04. The van der Waals surface area contributed by atoms with E-state index in [1.807, 2.05) is 155 Å². The second kappa shape index (κ2) is 78.8. The van der Waals surface area contributed by atoms with Gasteiger partial charge >= 0.3 is 0 Å². The Morgan fingerprint density at radius 2 is 0.953 bits per heavy atom. The number of hydrogen-bond donors (Lipinski definition) is 7. The number of nitrogens with zero attached hydrogens (tertiary/aromatic N) is 18. The summed E-state index contributed by atoms with van der Waals surface area (Å²) in [6.07, 6.45) is 33.4. The van der Waals surface area contributed by atoms with Crippen LogP contribution in [0.25, 0.3) is 0 Å². The van der Waals surface area contributed by atoms with Gasteiger partial charge in [-0.2, -0.15) is 46.4 Å². The molecule has 0 aromatic carbocycles. The molecule has 0 spiro atoms. The van der Waals surface area contributed by atoms with Crippen LogP contribution in [0.5, 0.6) is 0 Å². The van der Waals surface area contributed by atoms with Gasteiger partial charge in [-0.05, 0) is 261 Å². The van der Waals surface area contributed by atoms with Gasteiger partial charge in [0.2, 0.25) is 5.56 Å². The van der Waals surface area contributed by atoms with Gasteiger partial charge in [0.15, 0.2) is 10.9 Å². The van der Waals surface area contributed by atoms with E-state index in [9.17, 15) is 9.59 Å². The molecule has 15 aromatic rings. The number of carbonyl (C=O) groups excluding carboxylic acids is 1. The summed E-state index contributed by atoms with van der Waals surface area (Å²) >= 11 is 8.48. The number of allylic oxidation sites excluding steroid dienone is 3. The highest BCUT2D eigenvalue weighted by Gasteiger charge is 2.12. The predicted molar refractivity (Wildman–Crippen MR) is 640 cm³/mol. The lowest BCUT2D eigenvalue weighted by Gasteiger charge is -2.07. The van der Waals surface area contributed by atoms with Crippen molar-refractivity contribution in [3.05, 3.63) is 338 Å². The van der Waals surface area contributed by atoms with Crippen molar-refractivity contribution in [1.82, 2.24) is 105 Å². The average molecular weight is 2140 g/mol. The van der Waals surface area contributed by atoms with Crippen LogP contribution >= 0.6 is 56.9 Å². The SMILES string of the molecule is CC(C)C1=CC(=O)CC=N1.CC(C)C1=CN=CC1.CC(C)c1cc(N)ns1.CC(C)c1cc[nH]c(=O)c1.CC(C)c1cccs1.CC(C)c1cccs1.CC(C)c1ccn[nH]1.CC(C)c1ccncc1.CC(C)c1ccncn1.CC(C)c1ccsc1.CC(C)c1cn[nH]c1.CC(C)c1cn[nH]n1.CC(C)c1cnc(N)s1.CC(C)c1ncn[nH]1.Cc1cc(C(C)C)ccn1.Cc1cc(C(C)C)ncn1.Cc1nccc(C(C)C)n1. The van der Waals surface area contributed by atoms with E-state index in [-0.39, 0.29) is 11.3 Å². The molecule has 0 saturated heterocycles. The van der Waals surface area contributed by atoms with E-state index in [1.165, 1.54) is 70.9 Å². The van der Waals surface area contributed by atoms with Crippen LogP contribution in [-0.2, 0) is 4.79 Å². The number of anilines is 2. The van der Waals surface area contributed by atoms with Crippen molar-refractivity contribution < 1.29 is 4.79 Å².